The molecule has 2 saturated heterocycles. The van der Waals surface area contributed by atoms with Gasteiger partial charge in [0.25, 0.3) is 11.1 Å². The number of hydrogen-bond donors (Lipinski definition) is 12. The molecule has 4 aromatic heterocycles. The van der Waals surface area contributed by atoms with Crippen molar-refractivity contribution < 1.29 is 59.4 Å². The Morgan fingerprint density at radius 1 is 0.795 bits per heavy atom. The van der Waals surface area contributed by atoms with Gasteiger partial charge in [0.1, 0.15) is 36.6 Å². The number of aromatic amines is 2. The number of nitrogens with one attached hydrogen (secondary N) is 2. The molecule has 242 valence electrons. The third-order valence-corrected chi connectivity index (χ3v) is 6.40. The first-order chi connectivity index (χ1) is 20.7. The molecule has 0 bridgehead atoms. The summed E-state index contributed by atoms with van der Waals surface area (Å²) in [4.78, 5) is 65.1. The minimum Gasteiger partial charge on any atom is -0.394 e. The molecular weight excluding hydrogens is 621 g/mol. The average molecular weight is 649 g/mol. The number of nitrogen functional groups attached to an aromatic ring is 1. The van der Waals surface area contributed by atoms with Crippen LogP contribution in [0, 0.1) is 0 Å². The fraction of sp³-hybridized carbons (Fsp3) is 0.500. The Morgan fingerprint density at radius 3 is 1.70 bits per heavy atom. The lowest BCUT2D eigenvalue weighted by Crippen LogP contribution is -2.33. The van der Waals surface area contributed by atoms with E-state index >= 15 is 0 Å². The summed E-state index contributed by atoms with van der Waals surface area (Å²) in [6.45, 7) is -0.868. The number of aromatic nitrogens is 8. The number of ether oxygens (including phenoxy) is 2. The normalized spacial score (nSPS) is 28.5. The number of fused-ring (bicyclic) bond motifs is 2. The Kier molecular flexibility index (Phi) is 9.89. The molecule has 0 unspecified atom stereocenters. The number of hydrogen-bond acceptors (Lipinski definition) is 16. The molecule has 44 heavy (non-hydrogen) atoms. The fourth-order valence-electron chi connectivity index (χ4n) is 4.40. The molecule has 0 amide bonds. The summed E-state index contributed by atoms with van der Waals surface area (Å²) in [6, 6.07) is 0. The molecule has 0 saturated carbocycles. The van der Waals surface area contributed by atoms with Gasteiger partial charge in [0.05, 0.1) is 32.2 Å². The highest BCUT2D eigenvalue weighted by Crippen LogP contribution is 2.32. The molecule has 2 aliphatic heterocycles. The van der Waals surface area contributed by atoms with E-state index in [1.807, 2.05) is 0 Å². The van der Waals surface area contributed by atoms with Crippen molar-refractivity contribution in [3.05, 3.63) is 39.7 Å². The number of nitrogens with zero attached hydrogens (tertiary/aromatic N) is 6. The average Bonchev–Trinajstić information content (AvgIpc) is 3.70. The topological polar surface area (TPSA) is 371 Å². The van der Waals surface area contributed by atoms with Gasteiger partial charge in [0.2, 0.25) is 5.95 Å². The van der Waals surface area contributed by atoms with Gasteiger partial charge in [-0.05, 0) is 0 Å². The van der Waals surface area contributed by atoms with Gasteiger partial charge >= 0.3 is 7.82 Å². The summed E-state index contributed by atoms with van der Waals surface area (Å²) >= 11 is 0. The van der Waals surface area contributed by atoms with E-state index in [1.165, 1.54) is 28.1 Å². The summed E-state index contributed by atoms with van der Waals surface area (Å²) in [6.07, 6.45) is -5.00. The molecule has 8 atom stereocenters. The Balaban J connectivity index is 0.000000175. The highest BCUT2D eigenvalue weighted by molar-refractivity contribution is 7.45. The van der Waals surface area contributed by atoms with E-state index in [2.05, 4.69) is 29.9 Å². The van der Waals surface area contributed by atoms with Crippen LogP contribution in [0.2, 0.25) is 0 Å². The molecule has 24 heteroatoms. The Labute approximate surface area is 242 Å². The van der Waals surface area contributed by atoms with Crippen LogP contribution in [0.15, 0.2) is 28.6 Å². The van der Waals surface area contributed by atoms with Gasteiger partial charge in [-0.3, -0.25) is 23.7 Å². The summed E-state index contributed by atoms with van der Waals surface area (Å²) in [5.74, 6) is -0.101. The van der Waals surface area contributed by atoms with E-state index in [4.69, 9.17) is 44.7 Å². The minimum absolute atomic E-state index is 0.0388. The van der Waals surface area contributed by atoms with Crippen molar-refractivity contribution >= 4 is 36.1 Å². The molecule has 0 aromatic carbocycles. The zero-order chi connectivity index (χ0) is 32.5. The number of nitrogens with two attached hydrogens (primary N) is 1. The maximum atomic E-state index is 11.7. The quantitative estimate of drug-likeness (QED) is 0.0915. The first-order valence-electron chi connectivity index (χ1n) is 12.3. The van der Waals surface area contributed by atoms with E-state index in [0.717, 1.165) is 0 Å². The van der Waals surface area contributed by atoms with Crippen molar-refractivity contribution in [3.8, 4) is 0 Å². The lowest BCUT2D eigenvalue weighted by atomic mass is 10.1. The van der Waals surface area contributed by atoms with Crippen LogP contribution in [0.3, 0.4) is 0 Å². The molecule has 6 rings (SSSR count). The lowest BCUT2D eigenvalue weighted by Gasteiger charge is -2.16. The van der Waals surface area contributed by atoms with Gasteiger partial charge in [-0.15, -0.1) is 0 Å². The van der Waals surface area contributed by atoms with Gasteiger partial charge in [-0.25, -0.2) is 19.5 Å². The van der Waals surface area contributed by atoms with Gasteiger partial charge < -0.3 is 65.5 Å². The highest BCUT2D eigenvalue weighted by Gasteiger charge is 2.45. The van der Waals surface area contributed by atoms with Crippen molar-refractivity contribution in [1.82, 2.24) is 39.0 Å². The number of imidazole rings is 2. The van der Waals surface area contributed by atoms with E-state index in [0.29, 0.717) is 0 Å². The van der Waals surface area contributed by atoms with Crippen molar-refractivity contribution in [2.45, 2.75) is 49.1 Å². The summed E-state index contributed by atoms with van der Waals surface area (Å²) in [5.41, 5.74) is 5.05. The fourth-order valence-corrected chi connectivity index (χ4v) is 4.40. The molecular formula is C20H28N9O14P. The lowest BCUT2D eigenvalue weighted by molar-refractivity contribution is -0.0511. The van der Waals surface area contributed by atoms with E-state index in [9.17, 15) is 30.0 Å². The second-order valence-corrected chi connectivity index (χ2v) is 10.3. The van der Waals surface area contributed by atoms with Gasteiger partial charge in [-0.2, -0.15) is 4.98 Å². The maximum absolute atomic E-state index is 11.7. The maximum Gasteiger partial charge on any atom is 0.466 e. The smallest absolute Gasteiger partial charge is 0.394 e. The minimum atomic E-state index is -4.64. The summed E-state index contributed by atoms with van der Waals surface area (Å²) < 4.78 is 22.2. The molecule has 0 spiro atoms. The van der Waals surface area contributed by atoms with Gasteiger partial charge in [0, 0.05) is 0 Å². The second kappa shape index (κ2) is 13.1. The van der Waals surface area contributed by atoms with Crippen molar-refractivity contribution in [3.63, 3.8) is 0 Å². The molecule has 2 aliphatic rings. The van der Waals surface area contributed by atoms with Crippen LogP contribution in [0.4, 0.5) is 5.95 Å². The predicted molar refractivity (Wildman–Crippen MR) is 141 cm³/mol. The largest absolute Gasteiger partial charge is 0.466 e. The third kappa shape index (κ3) is 6.83. The van der Waals surface area contributed by atoms with Crippen LogP contribution in [0.25, 0.3) is 22.3 Å². The monoisotopic (exact) mass is 649 g/mol. The number of H-pyrrole nitrogens is 2. The van der Waals surface area contributed by atoms with Crippen LogP contribution in [0.5, 0.6) is 0 Å². The van der Waals surface area contributed by atoms with Gasteiger partial charge in [0.15, 0.2) is 34.8 Å². The molecule has 2 fully saturated rings. The van der Waals surface area contributed by atoms with Crippen molar-refractivity contribution in [1.29, 1.82) is 0 Å². The summed E-state index contributed by atoms with van der Waals surface area (Å²) in [7, 11) is -4.64. The van der Waals surface area contributed by atoms with E-state index in [-0.39, 0.29) is 28.3 Å². The van der Waals surface area contributed by atoms with Crippen LogP contribution >= 0.6 is 7.82 Å². The highest BCUT2D eigenvalue weighted by atomic mass is 31.2. The Morgan fingerprint density at radius 2 is 1.25 bits per heavy atom. The number of aliphatic hydroxyl groups excluding tert-OH is 6. The molecule has 6 heterocycles. The molecule has 0 radical (unpaired) electrons. The van der Waals surface area contributed by atoms with Crippen molar-refractivity contribution in [2.75, 3.05) is 18.9 Å². The first-order valence-corrected chi connectivity index (χ1v) is 13.9. The van der Waals surface area contributed by atoms with Crippen LogP contribution in [-0.2, 0) is 14.0 Å². The second-order valence-electron chi connectivity index (χ2n) is 9.30. The zero-order valence-corrected chi connectivity index (χ0v) is 22.9. The zero-order valence-electron chi connectivity index (χ0n) is 22.0. The number of anilines is 1. The van der Waals surface area contributed by atoms with E-state index in [1.54, 1.807) is 0 Å². The van der Waals surface area contributed by atoms with Gasteiger partial charge in [-0.1, -0.05) is 0 Å². The van der Waals surface area contributed by atoms with Crippen LogP contribution < -0.4 is 16.9 Å². The number of aliphatic hydroxyl groups is 6. The number of phosphoric acid groups is 1. The molecule has 4 aromatic rings. The van der Waals surface area contributed by atoms with Crippen LogP contribution in [0.1, 0.15) is 12.5 Å². The first kappa shape index (κ1) is 33.2. The molecule has 0 aliphatic carbocycles. The van der Waals surface area contributed by atoms with Crippen molar-refractivity contribution in [2.24, 2.45) is 0 Å². The standard InChI is InChI=1S/C10H13N5O5.C10H12N4O5.H3O4P/c11-10-13-7-4(8(19)14-10)12-2-15(7)9-6(18)5(17)3(1-16)20-9;15-1-4-6(16)7(17)10(19-4)14-3-13-5-8(14)11-2-12-9(5)18;1-5(2,3)4/h2-3,5-6,9,16-18H,1H2,(H3,11,13,14,19);2-4,6-7,10,15-17H,1H2,(H,11,12,18);(H3,1,2,3,4)/t3-,5-,6-,9-;4-,6-,7-,10-;/m11./s1. The summed E-state index contributed by atoms with van der Waals surface area (Å²) in [5, 5.41) is 57.4. The number of rotatable bonds is 4. The predicted octanol–water partition coefficient (Wildman–Crippen LogP) is -5.88. The van der Waals surface area contributed by atoms with Crippen LogP contribution in [-0.4, -0.2) is 134 Å². The Hall–Kier alpha value is -3.71. The molecule has 23 nitrogen and oxygen atoms in total. The van der Waals surface area contributed by atoms with E-state index < -0.39 is 81.2 Å². The molecule has 13 N–H and O–H groups in total. The Bertz CT molecular complexity index is 1740. The third-order valence-electron chi connectivity index (χ3n) is 6.40. The SMILES string of the molecule is Nc1nc2c(ncn2[C@@H]2O[C@H](CO)[C@@H](O)[C@H]2O)c(=O)[nH]1.O=P(O)(O)O.O=c1[nH]cnc2c1ncn2[C@@H]1O[C@H](CO)[C@@H](O)[C@H]1O.